The fourth-order valence-corrected chi connectivity index (χ4v) is 1.92. The van der Waals surface area contributed by atoms with E-state index in [-0.39, 0.29) is 11.8 Å². The molecule has 0 aliphatic heterocycles. The Morgan fingerprint density at radius 1 is 1.33 bits per heavy atom. The van der Waals surface area contributed by atoms with Gasteiger partial charge in [0.1, 0.15) is 9.84 Å². The van der Waals surface area contributed by atoms with Crippen molar-refractivity contribution in [3.8, 4) is 0 Å². The summed E-state index contributed by atoms with van der Waals surface area (Å²) in [6.45, 7) is 6.19. The summed E-state index contributed by atoms with van der Waals surface area (Å²) in [6.07, 6.45) is 2.94. The molecule has 1 atom stereocenters. The molecule has 0 spiro atoms. The van der Waals surface area contributed by atoms with Crippen LogP contribution >= 0.6 is 0 Å². The van der Waals surface area contributed by atoms with Gasteiger partial charge in [0.15, 0.2) is 0 Å². The molecule has 0 aromatic carbocycles. The molecule has 0 radical (unpaired) electrons. The Morgan fingerprint density at radius 3 is 2.47 bits per heavy atom. The van der Waals surface area contributed by atoms with Crippen LogP contribution in [0.1, 0.15) is 26.7 Å². The van der Waals surface area contributed by atoms with Crippen LogP contribution in [0.25, 0.3) is 0 Å². The van der Waals surface area contributed by atoms with Crippen molar-refractivity contribution in [2.45, 2.75) is 32.7 Å². The van der Waals surface area contributed by atoms with Crippen LogP contribution in [0.2, 0.25) is 0 Å². The van der Waals surface area contributed by atoms with Crippen LogP contribution in [0.3, 0.4) is 0 Å². The Morgan fingerprint density at radius 2 is 2.00 bits per heavy atom. The van der Waals surface area contributed by atoms with Crippen molar-refractivity contribution < 1.29 is 13.2 Å². The van der Waals surface area contributed by atoms with Gasteiger partial charge in [-0.3, -0.25) is 0 Å². The SMILES string of the molecule is CCCNC(CCS(C)(=O)=O)COCC. The zero-order chi connectivity index (χ0) is 11.7. The van der Waals surface area contributed by atoms with E-state index in [2.05, 4.69) is 12.2 Å². The highest BCUT2D eigenvalue weighted by atomic mass is 32.2. The Labute approximate surface area is 93.3 Å². The highest BCUT2D eigenvalue weighted by Crippen LogP contribution is 1.98. The van der Waals surface area contributed by atoms with Crippen molar-refractivity contribution in [3.63, 3.8) is 0 Å². The first kappa shape index (κ1) is 14.9. The van der Waals surface area contributed by atoms with Crippen LogP contribution < -0.4 is 5.32 Å². The molecule has 0 fully saturated rings. The summed E-state index contributed by atoms with van der Waals surface area (Å²) in [5.74, 6) is 0.224. The molecule has 1 unspecified atom stereocenters. The second kappa shape index (κ2) is 8.07. The number of hydrogen-bond donors (Lipinski definition) is 1. The monoisotopic (exact) mass is 237 g/mol. The molecule has 0 heterocycles. The first-order valence-corrected chi connectivity index (χ1v) is 7.54. The first-order valence-electron chi connectivity index (χ1n) is 5.48. The molecule has 0 saturated carbocycles. The number of rotatable bonds is 9. The molecule has 0 aliphatic rings. The van der Waals surface area contributed by atoms with E-state index in [1.807, 2.05) is 6.92 Å². The van der Waals surface area contributed by atoms with Gasteiger partial charge in [-0.15, -0.1) is 0 Å². The molecular formula is C10H23NO3S. The minimum absolute atomic E-state index is 0.152. The van der Waals surface area contributed by atoms with Gasteiger partial charge in [0.05, 0.1) is 12.4 Å². The van der Waals surface area contributed by atoms with Gasteiger partial charge in [0.25, 0.3) is 0 Å². The molecule has 4 nitrogen and oxygen atoms in total. The normalized spacial score (nSPS) is 14.1. The van der Waals surface area contributed by atoms with Gasteiger partial charge in [-0.1, -0.05) is 6.92 Å². The van der Waals surface area contributed by atoms with Crippen molar-refractivity contribution in [1.82, 2.24) is 5.32 Å². The van der Waals surface area contributed by atoms with E-state index in [0.717, 1.165) is 13.0 Å². The Hall–Kier alpha value is -0.130. The maximum atomic E-state index is 11.0. The van der Waals surface area contributed by atoms with Crippen molar-refractivity contribution in [2.75, 3.05) is 31.8 Å². The largest absolute Gasteiger partial charge is 0.380 e. The third-order valence-electron chi connectivity index (χ3n) is 2.04. The van der Waals surface area contributed by atoms with E-state index in [1.54, 1.807) is 0 Å². The predicted octanol–water partition coefficient (Wildman–Crippen LogP) is 0.826. The van der Waals surface area contributed by atoms with E-state index in [9.17, 15) is 8.42 Å². The van der Waals surface area contributed by atoms with E-state index in [1.165, 1.54) is 6.26 Å². The molecule has 0 aliphatic carbocycles. The van der Waals surface area contributed by atoms with Gasteiger partial charge in [-0.2, -0.15) is 0 Å². The zero-order valence-electron chi connectivity index (χ0n) is 9.95. The molecule has 0 bridgehead atoms. The molecule has 0 rings (SSSR count). The van der Waals surface area contributed by atoms with Gasteiger partial charge in [-0.25, -0.2) is 8.42 Å². The molecular weight excluding hydrogens is 214 g/mol. The van der Waals surface area contributed by atoms with Crippen molar-refractivity contribution in [2.24, 2.45) is 0 Å². The smallest absolute Gasteiger partial charge is 0.147 e. The Kier molecular flexibility index (Phi) is 8.00. The van der Waals surface area contributed by atoms with Gasteiger partial charge in [0, 0.05) is 18.9 Å². The van der Waals surface area contributed by atoms with Gasteiger partial charge < -0.3 is 10.1 Å². The summed E-state index contributed by atoms with van der Waals surface area (Å²) in [7, 11) is -2.86. The lowest BCUT2D eigenvalue weighted by molar-refractivity contribution is 0.122. The highest BCUT2D eigenvalue weighted by Gasteiger charge is 2.11. The topological polar surface area (TPSA) is 55.4 Å². The van der Waals surface area contributed by atoms with Crippen molar-refractivity contribution in [1.29, 1.82) is 0 Å². The molecule has 0 aromatic heterocycles. The minimum atomic E-state index is -2.86. The lowest BCUT2D eigenvalue weighted by Gasteiger charge is -2.17. The van der Waals surface area contributed by atoms with Crippen LogP contribution in [-0.2, 0) is 14.6 Å². The lowest BCUT2D eigenvalue weighted by Crippen LogP contribution is -2.35. The standard InChI is InChI=1S/C10H23NO3S/c1-4-7-11-10(9-14-5-2)6-8-15(3,12)13/h10-11H,4-9H2,1-3H3. The molecule has 92 valence electrons. The number of hydrogen-bond acceptors (Lipinski definition) is 4. The Bertz CT molecular complexity index is 231. The van der Waals surface area contributed by atoms with Crippen LogP contribution in [0.4, 0.5) is 0 Å². The Balaban J connectivity index is 3.89. The van der Waals surface area contributed by atoms with Gasteiger partial charge in [0.2, 0.25) is 0 Å². The summed E-state index contributed by atoms with van der Waals surface area (Å²) in [6, 6.07) is 0.152. The summed E-state index contributed by atoms with van der Waals surface area (Å²) in [5, 5.41) is 3.29. The van der Waals surface area contributed by atoms with E-state index >= 15 is 0 Å². The molecule has 0 aromatic rings. The van der Waals surface area contributed by atoms with Crippen LogP contribution in [-0.4, -0.2) is 46.2 Å². The molecule has 0 saturated heterocycles. The number of sulfone groups is 1. The van der Waals surface area contributed by atoms with Crippen molar-refractivity contribution in [3.05, 3.63) is 0 Å². The number of ether oxygens (including phenoxy) is 1. The fraction of sp³-hybridized carbons (Fsp3) is 1.00. The summed E-state index contributed by atoms with van der Waals surface area (Å²) in [5.41, 5.74) is 0. The molecule has 15 heavy (non-hydrogen) atoms. The number of nitrogens with one attached hydrogen (secondary N) is 1. The fourth-order valence-electron chi connectivity index (χ4n) is 1.21. The lowest BCUT2D eigenvalue weighted by atomic mass is 10.2. The molecule has 5 heteroatoms. The molecule has 0 amide bonds. The summed E-state index contributed by atoms with van der Waals surface area (Å²) >= 11 is 0. The maximum absolute atomic E-state index is 11.0. The first-order chi connectivity index (χ1) is 6.99. The molecule has 1 N–H and O–H groups in total. The second-order valence-corrected chi connectivity index (χ2v) is 5.99. The summed E-state index contributed by atoms with van der Waals surface area (Å²) in [4.78, 5) is 0. The van der Waals surface area contributed by atoms with Gasteiger partial charge >= 0.3 is 0 Å². The maximum Gasteiger partial charge on any atom is 0.147 e. The average Bonchev–Trinajstić information content (AvgIpc) is 2.15. The van der Waals surface area contributed by atoms with Gasteiger partial charge in [-0.05, 0) is 26.3 Å². The van der Waals surface area contributed by atoms with Crippen LogP contribution in [0.15, 0.2) is 0 Å². The van der Waals surface area contributed by atoms with E-state index in [4.69, 9.17) is 4.74 Å². The third-order valence-corrected chi connectivity index (χ3v) is 3.02. The zero-order valence-corrected chi connectivity index (χ0v) is 10.8. The van der Waals surface area contributed by atoms with E-state index in [0.29, 0.717) is 19.6 Å². The predicted molar refractivity (Wildman–Crippen MR) is 62.9 cm³/mol. The summed E-state index contributed by atoms with van der Waals surface area (Å²) < 4.78 is 27.3. The third kappa shape index (κ3) is 10.2. The van der Waals surface area contributed by atoms with Crippen LogP contribution in [0, 0.1) is 0 Å². The average molecular weight is 237 g/mol. The van der Waals surface area contributed by atoms with E-state index < -0.39 is 9.84 Å². The second-order valence-electron chi connectivity index (χ2n) is 3.73. The van der Waals surface area contributed by atoms with Crippen LogP contribution in [0.5, 0.6) is 0 Å². The minimum Gasteiger partial charge on any atom is -0.380 e. The van der Waals surface area contributed by atoms with Crippen molar-refractivity contribution >= 4 is 9.84 Å². The highest BCUT2D eigenvalue weighted by molar-refractivity contribution is 7.90. The quantitative estimate of drug-likeness (QED) is 0.645.